The van der Waals surface area contributed by atoms with Crippen LogP contribution < -0.4 is 5.32 Å². The second kappa shape index (κ2) is 9.20. The molecular formula is C24H33N5O2. The van der Waals surface area contributed by atoms with E-state index in [1.807, 2.05) is 30.0 Å². The van der Waals surface area contributed by atoms with Crippen molar-refractivity contribution in [1.29, 1.82) is 0 Å². The van der Waals surface area contributed by atoms with Gasteiger partial charge in [0, 0.05) is 30.5 Å². The van der Waals surface area contributed by atoms with Crippen molar-refractivity contribution < 1.29 is 9.59 Å². The second-order valence-electron chi connectivity index (χ2n) is 9.42. The SMILES string of the molecule is Cc1ccccc1C(=O)NC(CC(C)C)C(=O)N1CCC(c2nc(C3CC3)n[nH]2)CC1. The molecule has 2 fully saturated rings. The third-order valence-electron chi connectivity index (χ3n) is 6.36. The summed E-state index contributed by atoms with van der Waals surface area (Å²) in [7, 11) is 0. The number of hydrogen-bond acceptors (Lipinski definition) is 4. The Bertz CT molecular complexity index is 926. The molecule has 2 amide bonds. The lowest BCUT2D eigenvalue weighted by Gasteiger charge is -2.34. The van der Waals surface area contributed by atoms with Crippen LogP contribution in [-0.2, 0) is 4.79 Å². The van der Waals surface area contributed by atoms with E-state index in [9.17, 15) is 9.59 Å². The van der Waals surface area contributed by atoms with Crippen molar-refractivity contribution in [1.82, 2.24) is 25.4 Å². The molecule has 0 bridgehead atoms. The van der Waals surface area contributed by atoms with Gasteiger partial charge < -0.3 is 10.2 Å². The topological polar surface area (TPSA) is 91.0 Å². The van der Waals surface area contributed by atoms with Crippen LogP contribution in [0.4, 0.5) is 0 Å². The number of H-pyrrole nitrogens is 1. The van der Waals surface area contributed by atoms with Crippen molar-refractivity contribution in [3.63, 3.8) is 0 Å². The minimum absolute atomic E-state index is 0.0188. The van der Waals surface area contributed by atoms with Crippen molar-refractivity contribution in [2.75, 3.05) is 13.1 Å². The molecule has 4 rings (SSSR count). The first-order valence-corrected chi connectivity index (χ1v) is 11.5. The van der Waals surface area contributed by atoms with Crippen LogP contribution in [0.25, 0.3) is 0 Å². The summed E-state index contributed by atoms with van der Waals surface area (Å²) in [5.74, 6) is 2.91. The highest BCUT2D eigenvalue weighted by Crippen LogP contribution is 2.38. The maximum atomic E-state index is 13.3. The minimum Gasteiger partial charge on any atom is -0.341 e. The van der Waals surface area contributed by atoms with Gasteiger partial charge in [0.15, 0.2) is 5.82 Å². The Morgan fingerprint density at radius 2 is 1.84 bits per heavy atom. The van der Waals surface area contributed by atoms with Crippen molar-refractivity contribution in [2.24, 2.45) is 5.92 Å². The monoisotopic (exact) mass is 423 g/mol. The summed E-state index contributed by atoms with van der Waals surface area (Å²) in [6.07, 6.45) is 4.74. The number of nitrogens with one attached hydrogen (secondary N) is 2. The molecule has 1 saturated heterocycles. The number of likely N-dealkylation sites (tertiary alicyclic amines) is 1. The molecule has 2 heterocycles. The van der Waals surface area contributed by atoms with E-state index in [2.05, 4.69) is 29.4 Å². The Labute approximate surface area is 184 Å². The Morgan fingerprint density at radius 3 is 2.48 bits per heavy atom. The zero-order chi connectivity index (χ0) is 22.0. The normalized spacial score (nSPS) is 18.3. The van der Waals surface area contributed by atoms with E-state index >= 15 is 0 Å². The van der Waals surface area contributed by atoms with Gasteiger partial charge in [-0.1, -0.05) is 32.0 Å². The molecule has 1 aliphatic heterocycles. The summed E-state index contributed by atoms with van der Waals surface area (Å²) in [6.45, 7) is 7.42. The number of nitrogens with zero attached hydrogens (tertiary/aromatic N) is 3. The molecule has 0 radical (unpaired) electrons. The van der Waals surface area contributed by atoms with Crippen molar-refractivity contribution in [3.8, 4) is 0 Å². The lowest BCUT2D eigenvalue weighted by atomic mass is 9.94. The summed E-state index contributed by atoms with van der Waals surface area (Å²) in [5.41, 5.74) is 1.54. The van der Waals surface area contributed by atoms with E-state index in [0.717, 1.165) is 30.1 Å². The van der Waals surface area contributed by atoms with Crippen LogP contribution in [0.15, 0.2) is 24.3 Å². The molecule has 0 spiro atoms. The summed E-state index contributed by atoms with van der Waals surface area (Å²) < 4.78 is 0. The lowest BCUT2D eigenvalue weighted by molar-refractivity contribution is -0.134. The molecule has 166 valence electrons. The number of hydrogen-bond donors (Lipinski definition) is 2. The Morgan fingerprint density at radius 1 is 1.13 bits per heavy atom. The molecule has 2 N–H and O–H groups in total. The Balaban J connectivity index is 1.38. The molecule has 31 heavy (non-hydrogen) atoms. The predicted molar refractivity (Wildman–Crippen MR) is 119 cm³/mol. The smallest absolute Gasteiger partial charge is 0.252 e. The van der Waals surface area contributed by atoms with Crippen LogP contribution in [0.5, 0.6) is 0 Å². The first kappa shape index (κ1) is 21.5. The van der Waals surface area contributed by atoms with E-state index < -0.39 is 6.04 Å². The van der Waals surface area contributed by atoms with E-state index in [4.69, 9.17) is 4.98 Å². The highest BCUT2D eigenvalue weighted by atomic mass is 16.2. The maximum absolute atomic E-state index is 13.3. The zero-order valence-corrected chi connectivity index (χ0v) is 18.7. The van der Waals surface area contributed by atoms with E-state index in [1.54, 1.807) is 6.07 Å². The van der Waals surface area contributed by atoms with Crippen LogP contribution in [-0.4, -0.2) is 51.0 Å². The average Bonchev–Trinajstić information content (AvgIpc) is 3.49. The van der Waals surface area contributed by atoms with E-state index in [1.165, 1.54) is 12.8 Å². The quantitative estimate of drug-likeness (QED) is 0.713. The van der Waals surface area contributed by atoms with Crippen molar-refractivity contribution in [2.45, 2.75) is 70.8 Å². The summed E-state index contributed by atoms with van der Waals surface area (Å²) >= 11 is 0. The van der Waals surface area contributed by atoms with E-state index in [0.29, 0.717) is 42.8 Å². The maximum Gasteiger partial charge on any atom is 0.252 e. The number of aryl methyl sites for hydroxylation is 1. The first-order chi connectivity index (χ1) is 14.9. The highest BCUT2D eigenvalue weighted by molar-refractivity contribution is 5.98. The third kappa shape index (κ3) is 5.14. The average molecular weight is 424 g/mol. The van der Waals surface area contributed by atoms with Crippen molar-refractivity contribution in [3.05, 3.63) is 47.0 Å². The molecule has 7 heteroatoms. The van der Waals surface area contributed by atoms with Gasteiger partial charge in [-0.25, -0.2) is 4.98 Å². The molecule has 7 nitrogen and oxygen atoms in total. The summed E-state index contributed by atoms with van der Waals surface area (Å²) in [4.78, 5) is 32.7. The number of rotatable bonds is 7. The first-order valence-electron chi connectivity index (χ1n) is 11.5. The van der Waals surface area contributed by atoms with Gasteiger partial charge in [-0.05, 0) is 56.6 Å². The predicted octanol–water partition coefficient (Wildman–Crippen LogP) is 3.54. The molecule has 1 aromatic heterocycles. The molecule has 1 atom stereocenters. The van der Waals surface area contributed by atoms with Gasteiger partial charge in [-0.2, -0.15) is 5.10 Å². The Kier molecular flexibility index (Phi) is 6.39. The standard InChI is InChI=1S/C24H33N5O2/c1-15(2)14-20(25-23(30)19-7-5-4-6-16(19)3)24(31)29-12-10-18(11-13-29)22-26-21(27-28-22)17-8-9-17/h4-7,15,17-18,20H,8-14H2,1-3H3,(H,25,30)(H,26,27,28). The summed E-state index contributed by atoms with van der Waals surface area (Å²) in [5, 5.41) is 10.5. The van der Waals surface area contributed by atoms with Crippen molar-refractivity contribution >= 4 is 11.8 Å². The van der Waals surface area contributed by atoms with Gasteiger partial charge >= 0.3 is 0 Å². The fourth-order valence-electron chi connectivity index (χ4n) is 4.34. The van der Waals surface area contributed by atoms with Crippen LogP contribution in [0, 0.1) is 12.8 Å². The van der Waals surface area contributed by atoms with Gasteiger partial charge in [0.1, 0.15) is 11.9 Å². The number of aromatic amines is 1. The Hall–Kier alpha value is -2.70. The zero-order valence-electron chi connectivity index (χ0n) is 18.7. The van der Waals surface area contributed by atoms with Gasteiger partial charge in [-0.15, -0.1) is 0 Å². The van der Waals surface area contributed by atoms with Gasteiger partial charge in [-0.3, -0.25) is 14.7 Å². The molecule has 2 aliphatic rings. The molecule has 1 aromatic carbocycles. The second-order valence-corrected chi connectivity index (χ2v) is 9.42. The summed E-state index contributed by atoms with van der Waals surface area (Å²) in [6, 6.07) is 6.98. The van der Waals surface area contributed by atoms with Crippen LogP contribution in [0.2, 0.25) is 0 Å². The number of amides is 2. The van der Waals surface area contributed by atoms with Gasteiger partial charge in [0.25, 0.3) is 5.91 Å². The van der Waals surface area contributed by atoms with Crippen LogP contribution in [0.3, 0.4) is 0 Å². The van der Waals surface area contributed by atoms with E-state index in [-0.39, 0.29) is 11.8 Å². The molecule has 2 aromatic rings. The number of benzene rings is 1. The largest absolute Gasteiger partial charge is 0.341 e. The number of carbonyl (C=O) groups excluding carboxylic acids is 2. The van der Waals surface area contributed by atoms with Crippen LogP contribution >= 0.6 is 0 Å². The number of piperidine rings is 1. The number of aromatic nitrogens is 3. The van der Waals surface area contributed by atoms with Gasteiger partial charge in [0.2, 0.25) is 5.91 Å². The van der Waals surface area contributed by atoms with Crippen LogP contribution in [0.1, 0.15) is 85.4 Å². The molecular weight excluding hydrogens is 390 g/mol. The minimum atomic E-state index is -0.504. The molecule has 1 aliphatic carbocycles. The molecule has 1 saturated carbocycles. The third-order valence-corrected chi connectivity index (χ3v) is 6.36. The highest BCUT2D eigenvalue weighted by Gasteiger charge is 2.33. The fourth-order valence-corrected chi connectivity index (χ4v) is 4.34. The lowest BCUT2D eigenvalue weighted by Crippen LogP contribution is -2.51. The number of carbonyl (C=O) groups is 2. The van der Waals surface area contributed by atoms with Gasteiger partial charge in [0.05, 0.1) is 0 Å². The fraction of sp³-hybridized carbons (Fsp3) is 0.583. The molecule has 1 unspecified atom stereocenters.